The van der Waals surface area contributed by atoms with E-state index >= 15 is 0 Å². The summed E-state index contributed by atoms with van der Waals surface area (Å²) in [5.74, 6) is 0.288. The number of hydrogen-bond donors (Lipinski definition) is 2. The zero-order chi connectivity index (χ0) is 15.2. The second kappa shape index (κ2) is 7.61. The van der Waals surface area contributed by atoms with E-state index in [2.05, 4.69) is 34.2 Å². The van der Waals surface area contributed by atoms with Gasteiger partial charge in [-0.1, -0.05) is 19.1 Å². The minimum Gasteiger partial charge on any atom is -0.399 e. The van der Waals surface area contributed by atoms with E-state index in [1.807, 2.05) is 30.3 Å². The van der Waals surface area contributed by atoms with Gasteiger partial charge < -0.3 is 11.1 Å². The molecule has 1 aromatic carbocycles. The van der Waals surface area contributed by atoms with E-state index in [0.717, 1.165) is 21.5 Å². The Balaban J connectivity index is 1.75. The minimum absolute atomic E-state index is 0.0925. The molecule has 0 aliphatic rings. The summed E-state index contributed by atoms with van der Waals surface area (Å²) < 4.78 is 1.13. The summed E-state index contributed by atoms with van der Waals surface area (Å²) in [6.07, 6.45) is 1.37. The number of halogens is 1. The summed E-state index contributed by atoms with van der Waals surface area (Å²) in [6.45, 7) is 2.74. The van der Waals surface area contributed by atoms with Gasteiger partial charge in [-0.2, -0.15) is 0 Å². The molecule has 1 aromatic heterocycles. The highest BCUT2D eigenvalue weighted by atomic mass is 79.9. The lowest BCUT2D eigenvalue weighted by Crippen LogP contribution is -2.26. The van der Waals surface area contributed by atoms with Crippen LogP contribution < -0.4 is 11.1 Å². The predicted octanol–water partition coefficient (Wildman–Crippen LogP) is 3.95. The maximum atomic E-state index is 11.9. The number of nitrogen functional groups attached to an aromatic ring is 1. The van der Waals surface area contributed by atoms with Crippen molar-refractivity contribution in [3.8, 4) is 0 Å². The largest absolute Gasteiger partial charge is 0.399 e. The summed E-state index contributed by atoms with van der Waals surface area (Å²) in [5, 5.41) is 2.98. The van der Waals surface area contributed by atoms with Crippen molar-refractivity contribution in [2.75, 3.05) is 12.3 Å². The Morgan fingerprint density at radius 1 is 1.29 bits per heavy atom. The quantitative estimate of drug-likeness (QED) is 0.760. The van der Waals surface area contributed by atoms with Crippen LogP contribution in [0.25, 0.3) is 0 Å². The molecule has 3 nitrogen and oxygen atoms in total. The molecule has 1 heterocycles. The van der Waals surface area contributed by atoms with Crippen molar-refractivity contribution in [2.45, 2.75) is 25.7 Å². The number of carbonyl (C=O) groups is 1. The number of rotatable bonds is 6. The van der Waals surface area contributed by atoms with Crippen LogP contribution in [0.2, 0.25) is 0 Å². The molecule has 0 aliphatic heterocycles. The average molecular weight is 367 g/mol. The molecule has 0 saturated heterocycles. The second-order valence-electron chi connectivity index (χ2n) is 5.08. The van der Waals surface area contributed by atoms with Crippen molar-refractivity contribution in [3.05, 3.63) is 50.6 Å². The molecule has 1 unspecified atom stereocenters. The molecule has 1 atom stereocenters. The topological polar surface area (TPSA) is 55.1 Å². The van der Waals surface area contributed by atoms with Crippen molar-refractivity contribution in [1.82, 2.24) is 5.32 Å². The summed E-state index contributed by atoms with van der Waals surface area (Å²) in [6, 6.07) is 11.8. The molecule has 2 rings (SSSR count). The van der Waals surface area contributed by atoms with Gasteiger partial charge in [0.05, 0.1) is 3.79 Å². The van der Waals surface area contributed by atoms with Crippen molar-refractivity contribution in [2.24, 2.45) is 0 Å². The third kappa shape index (κ3) is 5.17. The molecule has 112 valence electrons. The lowest BCUT2D eigenvalue weighted by atomic mass is 9.97. The van der Waals surface area contributed by atoms with Crippen LogP contribution in [0.1, 0.15) is 29.7 Å². The normalized spacial score (nSPS) is 12.1. The molecule has 0 saturated carbocycles. The Morgan fingerprint density at radius 3 is 2.62 bits per heavy atom. The van der Waals surface area contributed by atoms with Crippen LogP contribution in [-0.4, -0.2) is 12.5 Å². The van der Waals surface area contributed by atoms with Gasteiger partial charge in [0.2, 0.25) is 5.91 Å². The maximum Gasteiger partial charge on any atom is 0.220 e. The second-order valence-corrected chi connectivity index (χ2v) is 7.63. The number of benzene rings is 1. The Kier molecular flexibility index (Phi) is 5.82. The molecular formula is C16H19BrN2OS. The van der Waals surface area contributed by atoms with E-state index < -0.39 is 0 Å². The first-order valence-electron chi connectivity index (χ1n) is 6.91. The lowest BCUT2D eigenvalue weighted by Gasteiger charge is -2.12. The Morgan fingerprint density at radius 2 is 2.00 bits per heavy atom. The molecule has 0 radical (unpaired) electrons. The van der Waals surface area contributed by atoms with E-state index in [-0.39, 0.29) is 11.8 Å². The lowest BCUT2D eigenvalue weighted by molar-refractivity contribution is -0.121. The van der Waals surface area contributed by atoms with Crippen LogP contribution in [0.5, 0.6) is 0 Å². The highest BCUT2D eigenvalue weighted by Crippen LogP contribution is 2.22. The van der Waals surface area contributed by atoms with E-state index in [0.29, 0.717) is 13.0 Å². The van der Waals surface area contributed by atoms with Gasteiger partial charge in [-0.05, 0) is 58.1 Å². The standard InChI is InChI=1S/C16H19BrN2OS/c1-11(12-2-4-13(18)5-3-12)10-16(20)19-9-8-14-6-7-15(17)21-14/h2-7,11H,8-10,18H2,1H3,(H,19,20). The number of amides is 1. The smallest absolute Gasteiger partial charge is 0.220 e. The van der Waals surface area contributed by atoms with Gasteiger partial charge in [-0.3, -0.25) is 4.79 Å². The van der Waals surface area contributed by atoms with Gasteiger partial charge >= 0.3 is 0 Å². The van der Waals surface area contributed by atoms with Crippen LogP contribution in [0.3, 0.4) is 0 Å². The Bertz CT molecular complexity index is 595. The number of carbonyl (C=O) groups excluding carboxylic acids is 1. The molecule has 0 fully saturated rings. The summed E-state index contributed by atoms with van der Waals surface area (Å²) in [7, 11) is 0. The van der Waals surface area contributed by atoms with Gasteiger partial charge in [0.15, 0.2) is 0 Å². The van der Waals surface area contributed by atoms with Gasteiger partial charge in [0, 0.05) is 23.5 Å². The number of anilines is 1. The average Bonchev–Trinajstić information content (AvgIpc) is 2.85. The van der Waals surface area contributed by atoms with Crippen LogP contribution in [-0.2, 0) is 11.2 Å². The van der Waals surface area contributed by atoms with E-state index in [1.165, 1.54) is 4.88 Å². The molecule has 1 amide bonds. The number of nitrogens with two attached hydrogens (primary N) is 1. The van der Waals surface area contributed by atoms with Gasteiger partial charge in [-0.25, -0.2) is 0 Å². The van der Waals surface area contributed by atoms with Crippen LogP contribution in [0.4, 0.5) is 5.69 Å². The number of thiophene rings is 1. The first kappa shape index (κ1) is 16.0. The molecular weight excluding hydrogens is 348 g/mol. The van der Waals surface area contributed by atoms with Crippen LogP contribution in [0, 0.1) is 0 Å². The fourth-order valence-corrected chi connectivity index (χ4v) is 3.59. The third-order valence-electron chi connectivity index (χ3n) is 3.32. The first-order chi connectivity index (χ1) is 10.0. The fraction of sp³-hybridized carbons (Fsp3) is 0.312. The van der Waals surface area contributed by atoms with Crippen molar-refractivity contribution >= 4 is 38.9 Å². The van der Waals surface area contributed by atoms with E-state index in [4.69, 9.17) is 5.73 Å². The van der Waals surface area contributed by atoms with Crippen molar-refractivity contribution in [3.63, 3.8) is 0 Å². The SMILES string of the molecule is CC(CC(=O)NCCc1ccc(Br)s1)c1ccc(N)cc1. The van der Waals surface area contributed by atoms with Crippen LogP contribution >= 0.6 is 27.3 Å². The van der Waals surface area contributed by atoms with E-state index in [9.17, 15) is 4.79 Å². The summed E-state index contributed by atoms with van der Waals surface area (Å²) >= 11 is 5.14. The fourth-order valence-electron chi connectivity index (χ4n) is 2.10. The maximum absolute atomic E-state index is 11.9. The molecule has 0 aliphatic carbocycles. The van der Waals surface area contributed by atoms with Gasteiger partial charge in [-0.15, -0.1) is 11.3 Å². The molecule has 0 bridgehead atoms. The van der Waals surface area contributed by atoms with Crippen LogP contribution in [0.15, 0.2) is 40.2 Å². The highest BCUT2D eigenvalue weighted by Gasteiger charge is 2.11. The zero-order valence-corrected chi connectivity index (χ0v) is 14.3. The van der Waals surface area contributed by atoms with E-state index in [1.54, 1.807) is 11.3 Å². The van der Waals surface area contributed by atoms with Crippen molar-refractivity contribution in [1.29, 1.82) is 0 Å². The number of hydrogen-bond acceptors (Lipinski definition) is 3. The predicted molar refractivity (Wildman–Crippen MR) is 92.6 cm³/mol. The Hall–Kier alpha value is -1.33. The molecule has 21 heavy (non-hydrogen) atoms. The molecule has 5 heteroatoms. The summed E-state index contributed by atoms with van der Waals surface area (Å²) in [5.41, 5.74) is 7.56. The zero-order valence-electron chi connectivity index (χ0n) is 11.9. The van der Waals surface area contributed by atoms with Gasteiger partial charge in [0.25, 0.3) is 0 Å². The molecule has 0 spiro atoms. The minimum atomic E-state index is 0.0925. The van der Waals surface area contributed by atoms with Crippen molar-refractivity contribution < 1.29 is 4.79 Å². The Labute approximate surface area is 137 Å². The monoisotopic (exact) mass is 366 g/mol. The van der Waals surface area contributed by atoms with Gasteiger partial charge in [0.1, 0.15) is 0 Å². The molecule has 3 N–H and O–H groups in total. The summed E-state index contributed by atoms with van der Waals surface area (Å²) in [4.78, 5) is 13.2. The molecule has 2 aromatic rings. The number of nitrogens with one attached hydrogen (secondary N) is 1. The highest BCUT2D eigenvalue weighted by molar-refractivity contribution is 9.11. The first-order valence-corrected chi connectivity index (χ1v) is 8.52. The third-order valence-corrected chi connectivity index (χ3v) is 5.00.